The molecule has 3 heterocycles. The highest BCUT2D eigenvalue weighted by molar-refractivity contribution is 7.92. The normalized spacial score (nSPS) is 17.9. The average molecular weight is 571 g/mol. The first kappa shape index (κ1) is 27.4. The minimum Gasteiger partial charge on any atom is -0.324 e. The summed E-state index contributed by atoms with van der Waals surface area (Å²) in [5.41, 5.74) is -0.700. The summed E-state index contributed by atoms with van der Waals surface area (Å²) in [6.07, 6.45) is -1.58. The van der Waals surface area contributed by atoms with Crippen LogP contribution in [-0.4, -0.2) is 52.9 Å². The Morgan fingerprint density at radius 3 is 2.54 bits per heavy atom. The molecule has 1 aromatic carbocycles. The van der Waals surface area contributed by atoms with Crippen molar-refractivity contribution in [1.82, 2.24) is 25.1 Å². The monoisotopic (exact) mass is 570 g/mol. The Morgan fingerprint density at radius 2 is 1.90 bits per heavy atom. The van der Waals surface area contributed by atoms with E-state index in [2.05, 4.69) is 25.7 Å². The molecule has 1 spiro atoms. The van der Waals surface area contributed by atoms with E-state index in [9.17, 15) is 30.4 Å². The number of hydrogen-bond acceptors (Lipinski definition) is 7. The van der Waals surface area contributed by atoms with Crippen molar-refractivity contribution < 1.29 is 30.4 Å². The van der Waals surface area contributed by atoms with E-state index < -0.39 is 45.5 Å². The molecule has 210 valence electrons. The number of piperidine rings is 1. The van der Waals surface area contributed by atoms with E-state index in [0.717, 1.165) is 43.0 Å². The molecule has 0 bridgehead atoms. The SMILES string of the molecule is Cc1cc(S(=O)(=O)C2CC3(CCNCC3)C2)ccc1Nc1ncc(C(F)(F)F)c(-c2cnn(CC(F)F)c2)n1. The summed E-state index contributed by atoms with van der Waals surface area (Å²) < 4.78 is 93.6. The Balaban J connectivity index is 1.37. The third-order valence-electron chi connectivity index (χ3n) is 7.52. The van der Waals surface area contributed by atoms with Crippen LogP contribution in [0.3, 0.4) is 0 Å². The van der Waals surface area contributed by atoms with Crippen LogP contribution in [0, 0.1) is 12.3 Å². The van der Waals surface area contributed by atoms with Gasteiger partial charge in [0.15, 0.2) is 9.84 Å². The maximum atomic E-state index is 13.6. The molecule has 2 N–H and O–H groups in total. The Hall–Kier alpha value is -3.13. The molecule has 14 heteroatoms. The van der Waals surface area contributed by atoms with Gasteiger partial charge in [-0.05, 0) is 74.9 Å². The molecule has 8 nitrogen and oxygen atoms in total. The lowest BCUT2D eigenvalue weighted by Crippen LogP contribution is -2.50. The van der Waals surface area contributed by atoms with Gasteiger partial charge in [0.2, 0.25) is 5.95 Å². The predicted octanol–water partition coefficient (Wildman–Crippen LogP) is 4.98. The van der Waals surface area contributed by atoms with Gasteiger partial charge in [-0.3, -0.25) is 4.68 Å². The molecule has 5 rings (SSSR count). The Labute approximate surface area is 222 Å². The van der Waals surface area contributed by atoms with E-state index in [1.54, 1.807) is 6.92 Å². The van der Waals surface area contributed by atoms with Crippen LogP contribution in [-0.2, 0) is 22.6 Å². The Kier molecular flexibility index (Phi) is 7.12. The number of nitrogens with one attached hydrogen (secondary N) is 2. The zero-order valence-electron chi connectivity index (χ0n) is 21.0. The lowest BCUT2D eigenvalue weighted by molar-refractivity contribution is -0.137. The molecule has 0 atom stereocenters. The second kappa shape index (κ2) is 10.1. The summed E-state index contributed by atoms with van der Waals surface area (Å²) >= 11 is 0. The Bertz CT molecular complexity index is 1460. The molecule has 39 heavy (non-hydrogen) atoms. The molecule has 0 unspecified atom stereocenters. The number of alkyl halides is 5. The Morgan fingerprint density at radius 1 is 1.18 bits per heavy atom. The second-order valence-electron chi connectivity index (χ2n) is 10.2. The fourth-order valence-corrected chi connectivity index (χ4v) is 7.48. The maximum absolute atomic E-state index is 13.6. The van der Waals surface area contributed by atoms with Gasteiger partial charge in [-0.2, -0.15) is 18.3 Å². The number of hydrogen-bond donors (Lipinski definition) is 2. The first-order chi connectivity index (χ1) is 18.4. The summed E-state index contributed by atoms with van der Waals surface area (Å²) in [5.74, 6) is -0.176. The molecule has 1 aliphatic heterocycles. The van der Waals surface area contributed by atoms with Gasteiger partial charge >= 0.3 is 6.18 Å². The number of nitrogens with zero attached hydrogens (tertiary/aromatic N) is 4. The standard InChI is InChI=1S/C25H27F5N6O2S/c1-15-8-17(39(37,38)18-9-24(10-18)4-6-31-7-5-24)2-3-20(15)34-23-32-12-19(25(28,29)30)22(35-23)16-11-33-36(13-16)14-21(26)27/h2-3,8,11-13,18,21,31H,4-7,9-10,14H2,1H3,(H,32,34,35). The molecule has 2 aliphatic rings. The van der Waals surface area contributed by atoms with Crippen LogP contribution in [0.5, 0.6) is 0 Å². The third kappa shape index (κ3) is 5.62. The van der Waals surface area contributed by atoms with Gasteiger partial charge in [0, 0.05) is 23.6 Å². The van der Waals surface area contributed by atoms with Crippen LogP contribution in [0.15, 0.2) is 41.7 Å². The van der Waals surface area contributed by atoms with Gasteiger partial charge in [-0.25, -0.2) is 27.2 Å². The number of aryl methyl sites for hydroxylation is 1. The third-order valence-corrected chi connectivity index (χ3v) is 9.65. The van der Waals surface area contributed by atoms with E-state index in [1.807, 2.05) is 0 Å². The number of rotatable bonds is 7. The van der Waals surface area contributed by atoms with Gasteiger partial charge in [-0.15, -0.1) is 0 Å². The fraction of sp³-hybridized carbons (Fsp3) is 0.480. The lowest BCUT2D eigenvalue weighted by Gasteiger charge is -2.49. The van der Waals surface area contributed by atoms with E-state index in [-0.39, 0.29) is 21.8 Å². The number of anilines is 2. The minimum atomic E-state index is -4.79. The van der Waals surface area contributed by atoms with E-state index in [1.165, 1.54) is 18.2 Å². The molecule has 0 amide bonds. The molecule has 1 aliphatic carbocycles. The van der Waals surface area contributed by atoms with Crippen molar-refractivity contribution in [3.05, 3.63) is 47.9 Å². The summed E-state index contributed by atoms with van der Waals surface area (Å²) in [6, 6.07) is 4.53. The van der Waals surface area contributed by atoms with E-state index >= 15 is 0 Å². The highest BCUT2D eigenvalue weighted by Crippen LogP contribution is 2.51. The van der Waals surface area contributed by atoms with Crippen LogP contribution in [0.4, 0.5) is 33.6 Å². The highest BCUT2D eigenvalue weighted by atomic mass is 32.2. The molecule has 2 fully saturated rings. The second-order valence-corrected chi connectivity index (χ2v) is 12.5. The van der Waals surface area contributed by atoms with Crippen molar-refractivity contribution in [1.29, 1.82) is 0 Å². The molecule has 1 saturated carbocycles. The van der Waals surface area contributed by atoms with Crippen molar-refractivity contribution in [2.75, 3.05) is 18.4 Å². The van der Waals surface area contributed by atoms with Crippen LogP contribution < -0.4 is 10.6 Å². The van der Waals surface area contributed by atoms with Crippen molar-refractivity contribution in [3.63, 3.8) is 0 Å². The summed E-state index contributed by atoms with van der Waals surface area (Å²) in [7, 11) is -3.53. The van der Waals surface area contributed by atoms with Crippen LogP contribution in [0.2, 0.25) is 0 Å². The van der Waals surface area contributed by atoms with Gasteiger partial charge in [0.25, 0.3) is 6.43 Å². The van der Waals surface area contributed by atoms with Crippen LogP contribution >= 0.6 is 0 Å². The van der Waals surface area contributed by atoms with Crippen molar-refractivity contribution in [3.8, 4) is 11.3 Å². The molecule has 0 radical (unpaired) electrons. The zero-order valence-corrected chi connectivity index (χ0v) is 21.8. The first-order valence-electron chi connectivity index (χ1n) is 12.4. The van der Waals surface area contributed by atoms with Crippen LogP contribution in [0.1, 0.15) is 36.8 Å². The quantitative estimate of drug-likeness (QED) is 0.387. The van der Waals surface area contributed by atoms with Crippen molar-refractivity contribution in [2.24, 2.45) is 5.41 Å². The molecule has 1 saturated heterocycles. The largest absolute Gasteiger partial charge is 0.419 e. The first-order valence-corrected chi connectivity index (χ1v) is 14.0. The number of sulfone groups is 1. The number of aromatic nitrogens is 4. The van der Waals surface area contributed by atoms with Gasteiger partial charge in [0.05, 0.1) is 22.0 Å². The molecule has 2 aromatic heterocycles. The predicted molar refractivity (Wildman–Crippen MR) is 133 cm³/mol. The average Bonchev–Trinajstić information content (AvgIpc) is 3.31. The van der Waals surface area contributed by atoms with E-state index in [0.29, 0.717) is 30.3 Å². The van der Waals surface area contributed by atoms with Gasteiger partial charge in [-0.1, -0.05) is 0 Å². The molecular weight excluding hydrogens is 543 g/mol. The molecular formula is C25H27F5N6O2S. The fourth-order valence-electron chi connectivity index (χ4n) is 5.35. The van der Waals surface area contributed by atoms with Crippen molar-refractivity contribution in [2.45, 2.75) is 61.9 Å². The molecule has 3 aromatic rings. The van der Waals surface area contributed by atoms with Gasteiger partial charge in [0.1, 0.15) is 12.1 Å². The van der Waals surface area contributed by atoms with Gasteiger partial charge < -0.3 is 10.6 Å². The topological polar surface area (TPSA) is 102 Å². The maximum Gasteiger partial charge on any atom is 0.419 e. The van der Waals surface area contributed by atoms with Crippen LogP contribution in [0.25, 0.3) is 11.3 Å². The summed E-state index contributed by atoms with van der Waals surface area (Å²) in [4.78, 5) is 7.98. The summed E-state index contributed by atoms with van der Waals surface area (Å²) in [5, 5.41) is 9.42. The zero-order chi connectivity index (χ0) is 28.0. The number of benzene rings is 1. The highest BCUT2D eigenvalue weighted by Gasteiger charge is 2.50. The van der Waals surface area contributed by atoms with E-state index in [4.69, 9.17) is 0 Å². The lowest BCUT2D eigenvalue weighted by atomic mass is 9.63. The number of halogens is 5. The smallest absolute Gasteiger partial charge is 0.324 e. The van der Waals surface area contributed by atoms with Crippen molar-refractivity contribution >= 4 is 21.5 Å². The minimum absolute atomic E-state index is 0.0985. The summed E-state index contributed by atoms with van der Waals surface area (Å²) in [6.45, 7) is 2.71.